The standard InChI is InChI=1S/C15H24N6O6S/c1-7(22)12(21-11(23)3-16)14(25)19-9(2-8-4-17-6-18-8)13(24)20-10(5-28)15(26)27/h4,6-7,9-10,12,22,28H,2-3,5,16H2,1H3,(H,17,18)(H,19,25)(H,20,24)(H,21,23)(H,26,27). The smallest absolute Gasteiger partial charge is 0.327 e. The highest BCUT2D eigenvalue weighted by Gasteiger charge is 2.31. The molecule has 0 radical (unpaired) electrons. The van der Waals surface area contributed by atoms with Gasteiger partial charge in [-0.25, -0.2) is 9.78 Å². The minimum absolute atomic E-state index is 0.0339. The van der Waals surface area contributed by atoms with Gasteiger partial charge in [0.1, 0.15) is 18.1 Å². The number of H-pyrrole nitrogens is 1. The van der Waals surface area contributed by atoms with E-state index in [0.717, 1.165) is 0 Å². The second-order valence-corrected chi connectivity index (χ2v) is 6.28. The van der Waals surface area contributed by atoms with Gasteiger partial charge in [0.2, 0.25) is 17.7 Å². The summed E-state index contributed by atoms with van der Waals surface area (Å²) < 4.78 is 0. The average molecular weight is 416 g/mol. The number of nitrogens with two attached hydrogens (primary N) is 1. The van der Waals surface area contributed by atoms with E-state index >= 15 is 0 Å². The zero-order valence-corrected chi connectivity index (χ0v) is 16.0. The average Bonchev–Trinajstić information content (AvgIpc) is 3.15. The fraction of sp³-hybridized carbons (Fsp3) is 0.533. The minimum Gasteiger partial charge on any atom is -0.480 e. The first-order valence-corrected chi connectivity index (χ1v) is 8.92. The van der Waals surface area contributed by atoms with Crippen molar-refractivity contribution in [2.75, 3.05) is 12.3 Å². The molecule has 12 nitrogen and oxygen atoms in total. The highest BCUT2D eigenvalue weighted by Crippen LogP contribution is 2.03. The van der Waals surface area contributed by atoms with Crippen LogP contribution in [0.4, 0.5) is 0 Å². The highest BCUT2D eigenvalue weighted by molar-refractivity contribution is 7.80. The number of amides is 3. The lowest BCUT2D eigenvalue weighted by molar-refractivity contribution is -0.141. The third kappa shape index (κ3) is 7.17. The number of hydrogen-bond donors (Lipinski definition) is 8. The quantitative estimate of drug-likeness (QED) is 0.172. The number of aliphatic hydroxyl groups excluding tert-OH is 1. The molecule has 0 aliphatic carbocycles. The number of thiol groups is 1. The lowest BCUT2D eigenvalue weighted by Gasteiger charge is -2.25. The Morgan fingerprint density at radius 1 is 1.21 bits per heavy atom. The Morgan fingerprint density at radius 3 is 2.32 bits per heavy atom. The molecule has 0 aromatic carbocycles. The SMILES string of the molecule is CC(O)C(NC(=O)CN)C(=O)NC(Cc1cnc[nH]1)C(=O)NC(CS)C(=O)O. The zero-order valence-electron chi connectivity index (χ0n) is 15.1. The number of aromatic nitrogens is 2. The summed E-state index contributed by atoms with van der Waals surface area (Å²) in [5, 5.41) is 25.8. The van der Waals surface area contributed by atoms with Gasteiger partial charge in [0.25, 0.3) is 0 Å². The number of carboxylic acids is 1. The van der Waals surface area contributed by atoms with Gasteiger partial charge in [0.05, 0.1) is 19.0 Å². The molecular weight excluding hydrogens is 392 g/mol. The number of carbonyl (C=O) groups is 4. The Labute approximate surface area is 166 Å². The van der Waals surface area contributed by atoms with E-state index in [4.69, 9.17) is 10.8 Å². The number of carbonyl (C=O) groups excluding carboxylic acids is 3. The topological polar surface area (TPSA) is 200 Å². The van der Waals surface area contributed by atoms with E-state index in [1.807, 2.05) is 0 Å². The van der Waals surface area contributed by atoms with E-state index in [1.165, 1.54) is 19.4 Å². The third-order valence-corrected chi connectivity index (χ3v) is 4.04. The molecule has 28 heavy (non-hydrogen) atoms. The largest absolute Gasteiger partial charge is 0.480 e. The second kappa shape index (κ2) is 11.3. The molecule has 0 aliphatic rings. The number of hydrogen-bond acceptors (Lipinski definition) is 8. The Kier molecular flexibility index (Phi) is 9.41. The van der Waals surface area contributed by atoms with Gasteiger partial charge in [-0.2, -0.15) is 12.6 Å². The van der Waals surface area contributed by atoms with Gasteiger partial charge in [-0.3, -0.25) is 14.4 Å². The molecule has 0 aliphatic heterocycles. The lowest BCUT2D eigenvalue weighted by atomic mass is 10.1. The molecule has 13 heteroatoms. The summed E-state index contributed by atoms with van der Waals surface area (Å²) in [5.41, 5.74) is 5.69. The predicted molar refractivity (Wildman–Crippen MR) is 100 cm³/mol. The molecule has 8 N–H and O–H groups in total. The van der Waals surface area contributed by atoms with Crippen molar-refractivity contribution in [3.63, 3.8) is 0 Å². The summed E-state index contributed by atoms with van der Waals surface area (Å²) in [6.45, 7) is 0.892. The molecule has 0 saturated carbocycles. The van der Waals surface area contributed by atoms with Crippen molar-refractivity contribution in [3.05, 3.63) is 18.2 Å². The number of aliphatic hydroxyl groups is 1. The van der Waals surface area contributed by atoms with Crippen LogP contribution in [-0.2, 0) is 25.6 Å². The molecule has 0 saturated heterocycles. The Balaban J connectivity index is 2.97. The molecule has 0 bridgehead atoms. The van der Waals surface area contributed by atoms with Crippen LogP contribution in [0.25, 0.3) is 0 Å². The summed E-state index contributed by atoms with van der Waals surface area (Å²) >= 11 is 3.87. The molecule has 0 fully saturated rings. The van der Waals surface area contributed by atoms with E-state index in [-0.39, 0.29) is 12.2 Å². The molecule has 1 aromatic rings. The monoisotopic (exact) mass is 416 g/mol. The molecule has 1 aromatic heterocycles. The number of rotatable bonds is 11. The van der Waals surface area contributed by atoms with Crippen molar-refractivity contribution in [2.45, 2.75) is 37.6 Å². The maximum atomic E-state index is 12.5. The van der Waals surface area contributed by atoms with Gasteiger partial charge in [0, 0.05) is 24.1 Å². The summed E-state index contributed by atoms with van der Waals surface area (Å²) in [7, 11) is 0. The van der Waals surface area contributed by atoms with Gasteiger partial charge in [-0.05, 0) is 6.92 Å². The number of nitrogens with zero attached hydrogens (tertiary/aromatic N) is 1. The molecule has 156 valence electrons. The molecule has 4 atom stereocenters. The molecule has 3 amide bonds. The summed E-state index contributed by atoms with van der Waals surface area (Å²) in [6, 6.07) is -3.82. The van der Waals surface area contributed by atoms with Crippen LogP contribution in [0.5, 0.6) is 0 Å². The van der Waals surface area contributed by atoms with Crippen LogP contribution < -0.4 is 21.7 Å². The lowest BCUT2D eigenvalue weighted by Crippen LogP contribution is -2.59. The van der Waals surface area contributed by atoms with Crippen molar-refractivity contribution in [1.29, 1.82) is 0 Å². The van der Waals surface area contributed by atoms with Crippen molar-refractivity contribution in [2.24, 2.45) is 5.73 Å². The van der Waals surface area contributed by atoms with Crippen LogP contribution in [0, 0.1) is 0 Å². The van der Waals surface area contributed by atoms with E-state index < -0.39 is 54.5 Å². The van der Waals surface area contributed by atoms with Crippen LogP contribution in [0.3, 0.4) is 0 Å². The summed E-state index contributed by atoms with van der Waals surface area (Å²) in [4.78, 5) is 54.2. The number of imidazole rings is 1. The number of aromatic amines is 1. The summed E-state index contributed by atoms with van der Waals surface area (Å²) in [5.74, 6) is -3.73. The van der Waals surface area contributed by atoms with Crippen LogP contribution in [0.15, 0.2) is 12.5 Å². The second-order valence-electron chi connectivity index (χ2n) is 5.91. The molecular formula is C15H24N6O6S. The van der Waals surface area contributed by atoms with E-state index in [2.05, 4.69) is 38.5 Å². The number of carboxylic acid groups (broad SMARTS) is 1. The Hall–Kier alpha value is -2.64. The van der Waals surface area contributed by atoms with Crippen molar-refractivity contribution >= 4 is 36.3 Å². The summed E-state index contributed by atoms with van der Waals surface area (Å²) in [6.07, 6.45) is 1.51. The maximum absolute atomic E-state index is 12.5. The van der Waals surface area contributed by atoms with Crippen molar-refractivity contribution in [3.8, 4) is 0 Å². The Bertz CT molecular complexity index is 683. The van der Waals surface area contributed by atoms with Crippen LogP contribution in [-0.4, -0.2) is 80.4 Å². The zero-order chi connectivity index (χ0) is 21.3. The molecule has 4 unspecified atom stereocenters. The van der Waals surface area contributed by atoms with Crippen molar-refractivity contribution < 1.29 is 29.4 Å². The minimum atomic E-state index is -1.35. The van der Waals surface area contributed by atoms with Crippen molar-refractivity contribution in [1.82, 2.24) is 25.9 Å². The van der Waals surface area contributed by atoms with Gasteiger partial charge in [-0.1, -0.05) is 0 Å². The molecule has 1 heterocycles. The molecule has 0 spiro atoms. The van der Waals surface area contributed by atoms with Gasteiger partial charge in [-0.15, -0.1) is 0 Å². The first-order valence-electron chi connectivity index (χ1n) is 8.28. The van der Waals surface area contributed by atoms with Gasteiger partial charge < -0.3 is 36.9 Å². The predicted octanol–water partition coefficient (Wildman–Crippen LogP) is -3.24. The Morgan fingerprint density at radius 2 is 1.86 bits per heavy atom. The van der Waals surface area contributed by atoms with E-state index in [0.29, 0.717) is 5.69 Å². The van der Waals surface area contributed by atoms with E-state index in [9.17, 15) is 24.3 Å². The van der Waals surface area contributed by atoms with Gasteiger partial charge in [0.15, 0.2) is 0 Å². The fourth-order valence-electron chi connectivity index (χ4n) is 2.18. The number of aliphatic carboxylic acids is 1. The first-order chi connectivity index (χ1) is 13.2. The van der Waals surface area contributed by atoms with Crippen LogP contribution in [0.2, 0.25) is 0 Å². The fourth-order valence-corrected chi connectivity index (χ4v) is 2.43. The number of nitrogens with one attached hydrogen (secondary N) is 4. The molecule has 1 rings (SSSR count). The maximum Gasteiger partial charge on any atom is 0.327 e. The van der Waals surface area contributed by atoms with Crippen LogP contribution >= 0.6 is 12.6 Å². The third-order valence-electron chi connectivity index (χ3n) is 3.68. The van der Waals surface area contributed by atoms with Crippen LogP contribution in [0.1, 0.15) is 12.6 Å². The normalized spacial score (nSPS) is 15.0. The van der Waals surface area contributed by atoms with Gasteiger partial charge >= 0.3 is 5.97 Å². The highest BCUT2D eigenvalue weighted by atomic mass is 32.1. The van der Waals surface area contributed by atoms with E-state index in [1.54, 1.807) is 0 Å². The first kappa shape index (κ1) is 23.4.